The maximum absolute atomic E-state index is 12.9. The quantitative estimate of drug-likeness (QED) is 0.621. The van der Waals surface area contributed by atoms with E-state index in [2.05, 4.69) is 10.5 Å². The van der Waals surface area contributed by atoms with Crippen LogP contribution in [0.1, 0.15) is 22.3 Å². The van der Waals surface area contributed by atoms with Crippen molar-refractivity contribution in [1.82, 2.24) is 5.43 Å². The minimum Gasteiger partial charge on any atom is -0.278 e. The standard InChI is InChI=1S/C23H21F3N4/c1-16-3-11-20(12-4-16)29-15-30(21-13-5-17(2)6-14-21)28-22(27-29)18-7-9-19(10-8-18)23(24,25)26/h3-14H,15H2,1-2H3,(H,27,28). The monoisotopic (exact) mass is 410 g/mol. The lowest BCUT2D eigenvalue weighted by Gasteiger charge is -2.36. The van der Waals surface area contributed by atoms with E-state index in [-0.39, 0.29) is 0 Å². The van der Waals surface area contributed by atoms with Gasteiger partial charge in [-0.1, -0.05) is 47.5 Å². The fourth-order valence-corrected chi connectivity index (χ4v) is 3.14. The first-order valence-corrected chi connectivity index (χ1v) is 9.51. The largest absolute Gasteiger partial charge is 0.416 e. The Balaban J connectivity index is 1.70. The Kier molecular flexibility index (Phi) is 5.11. The molecule has 0 amide bonds. The molecule has 0 saturated carbocycles. The summed E-state index contributed by atoms with van der Waals surface area (Å²) in [6.07, 6.45) is -4.37. The predicted molar refractivity (Wildman–Crippen MR) is 113 cm³/mol. The van der Waals surface area contributed by atoms with Crippen LogP contribution in [0.4, 0.5) is 24.5 Å². The Hall–Kier alpha value is -3.48. The summed E-state index contributed by atoms with van der Waals surface area (Å²) in [5, 5.41) is 8.39. The summed E-state index contributed by atoms with van der Waals surface area (Å²) in [6.45, 7) is 4.47. The van der Waals surface area contributed by atoms with E-state index in [1.165, 1.54) is 12.1 Å². The second-order valence-corrected chi connectivity index (χ2v) is 7.28. The van der Waals surface area contributed by atoms with Crippen molar-refractivity contribution in [3.05, 3.63) is 95.1 Å². The van der Waals surface area contributed by atoms with Crippen LogP contribution in [0.3, 0.4) is 0 Å². The molecule has 0 spiro atoms. The van der Waals surface area contributed by atoms with Crippen molar-refractivity contribution < 1.29 is 13.2 Å². The first kappa shape index (κ1) is 19.8. The number of hydrogen-bond donors (Lipinski definition) is 1. The van der Waals surface area contributed by atoms with E-state index in [9.17, 15) is 13.2 Å². The summed E-state index contributed by atoms with van der Waals surface area (Å²) in [7, 11) is 0. The summed E-state index contributed by atoms with van der Waals surface area (Å²) in [4.78, 5) is 0. The number of anilines is 2. The number of alkyl halides is 3. The van der Waals surface area contributed by atoms with E-state index in [0.717, 1.165) is 34.6 Å². The lowest BCUT2D eigenvalue weighted by atomic mass is 10.1. The van der Waals surface area contributed by atoms with Gasteiger partial charge in [-0.2, -0.15) is 18.3 Å². The Labute approximate surface area is 173 Å². The number of nitrogens with zero attached hydrogens (tertiary/aromatic N) is 3. The first-order chi connectivity index (χ1) is 14.3. The molecule has 3 aromatic rings. The zero-order valence-corrected chi connectivity index (χ0v) is 16.6. The highest BCUT2D eigenvalue weighted by Gasteiger charge is 2.30. The van der Waals surface area contributed by atoms with E-state index in [4.69, 9.17) is 0 Å². The highest BCUT2D eigenvalue weighted by Crippen LogP contribution is 2.29. The molecule has 4 rings (SSSR count). The molecule has 0 unspecified atom stereocenters. The SMILES string of the molecule is Cc1ccc(N2CN(c3ccc(C)cc3)NC(c3ccc(C(F)(F)F)cc3)=N2)cc1. The fourth-order valence-electron chi connectivity index (χ4n) is 3.14. The molecule has 0 radical (unpaired) electrons. The van der Waals surface area contributed by atoms with Gasteiger partial charge in [0, 0.05) is 5.56 Å². The van der Waals surface area contributed by atoms with Crippen LogP contribution in [0, 0.1) is 13.8 Å². The van der Waals surface area contributed by atoms with Gasteiger partial charge in [-0.15, -0.1) is 0 Å². The molecule has 7 heteroatoms. The summed E-state index contributed by atoms with van der Waals surface area (Å²) in [5.41, 5.74) is 7.21. The number of nitrogens with one attached hydrogen (secondary N) is 1. The fraction of sp³-hybridized carbons (Fsp3) is 0.174. The molecule has 30 heavy (non-hydrogen) atoms. The number of aryl methyl sites for hydroxylation is 2. The Bertz CT molecular complexity index is 1040. The number of hydrazine groups is 1. The van der Waals surface area contributed by atoms with Crippen molar-refractivity contribution in [2.45, 2.75) is 20.0 Å². The van der Waals surface area contributed by atoms with E-state index < -0.39 is 11.7 Å². The van der Waals surface area contributed by atoms with E-state index in [1.807, 2.05) is 72.4 Å². The average molecular weight is 410 g/mol. The van der Waals surface area contributed by atoms with Crippen molar-refractivity contribution >= 4 is 17.2 Å². The van der Waals surface area contributed by atoms with Gasteiger partial charge in [-0.25, -0.2) is 5.01 Å². The van der Waals surface area contributed by atoms with Gasteiger partial charge in [-0.3, -0.25) is 10.4 Å². The third-order valence-electron chi connectivity index (χ3n) is 4.90. The maximum atomic E-state index is 12.9. The van der Waals surface area contributed by atoms with E-state index >= 15 is 0 Å². The lowest BCUT2D eigenvalue weighted by molar-refractivity contribution is -0.137. The number of hydrazone groups is 1. The Morgan fingerprint density at radius 1 is 0.767 bits per heavy atom. The van der Waals surface area contributed by atoms with Gasteiger partial charge in [0.1, 0.15) is 6.67 Å². The van der Waals surface area contributed by atoms with E-state index in [1.54, 1.807) is 0 Å². The molecule has 0 bridgehead atoms. The van der Waals surface area contributed by atoms with Crippen LogP contribution in [0.25, 0.3) is 0 Å². The predicted octanol–water partition coefficient (Wildman–Crippen LogP) is 5.47. The molecule has 0 aromatic heterocycles. The molecule has 0 aliphatic carbocycles. The summed E-state index contributed by atoms with van der Waals surface area (Å²) >= 11 is 0. The van der Waals surface area contributed by atoms with Crippen LogP contribution >= 0.6 is 0 Å². The molecule has 1 heterocycles. The normalized spacial score (nSPS) is 14.4. The number of halogens is 3. The van der Waals surface area contributed by atoms with E-state index in [0.29, 0.717) is 18.1 Å². The molecular formula is C23H21F3N4. The molecule has 1 N–H and O–H groups in total. The van der Waals surface area contributed by atoms with Crippen molar-refractivity contribution in [3.8, 4) is 0 Å². The average Bonchev–Trinajstić information content (AvgIpc) is 2.74. The molecule has 0 atom stereocenters. The minimum absolute atomic E-state index is 0.441. The van der Waals surface area contributed by atoms with Gasteiger partial charge in [0.15, 0.2) is 5.84 Å². The summed E-state index contributed by atoms with van der Waals surface area (Å²) in [6, 6.07) is 21.0. The zero-order chi connectivity index (χ0) is 21.3. The molecule has 0 fully saturated rings. The number of hydrogen-bond acceptors (Lipinski definition) is 4. The molecule has 4 nitrogen and oxygen atoms in total. The van der Waals surface area contributed by atoms with Crippen LogP contribution in [0.15, 0.2) is 77.9 Å². The van der Waals surface area contributed by atoms with Gasteiger partial charge < -0.3 is 0 Å². The number of amidine groups is 1. The molecule has 1 aliphatic rings. The maximum Gasteiger partial charge on any atom is 0.416 e. The highest BCUT2D eigenvalue weighted by molar-refractivity contribution is 6.00. The second kappa shape index (κ2) is 7.74. The van der Waals surface area contributed by atoms with Crippen molar-refractivity contribution in [3.63, 3.8) is 0 Å². The van der Waals surface area contributed by atoms with Crippen LogP contribution < -0.4 is 15.4 Å². The first-order valence-electron chi connectivity index (χ1n) is 9.51. The summed E-state index contributed by atoms with van der Waals surface area (Å²) < 4.78 is 38.8. The van der Waals surface area contributed by atoms with Crippen LogP contribution in [-0.2, 0) is 6.18 Å². The number of rotatable bonds is 3. The second-order valence-electron chi connectivity index (χ2n) is 7.28. The molecule has 154 valence electrons. The Morgan fingerprint density at radius 2 is 1.30 bits per heavy atom. The topological polar surface area (TPSA) is 30.9 Å². The summed E-state index contributed by atoms with van der Waals surface area (Å²) in [5.74, 6) is 0.469. The van der Waals surface area contributed by atoms with Gasteiger partial charge in [-0.05, 0) is 50.2 Å². The number of benzene rings is 3. The Morgan fingerprint density at radius 3 is 1.83 bits per heavy atom. The van der Waals surface area contributed by atoms with Crippen molar-refractivity contribution in [2.24, 2.45) is 5.10 Å². The van der Waals surface area contributed by atoms with Gasteiger partial charge in [0.25, 0.3) is 0 Å². The van der Waals surface area contributed by atoms with Gasteiger partial charge in [0.2, 0.25) is 0 Å². The highest BCUT2D eigenvalue weighted by atomic mass is 19.4. The molecular weight excluding hydrogens is 389 g/mol. The van der Waals surface area contributed by atoms with Crippen LogP contribution in [0.2, 0.25) is 0 Å². The van der Waals surface area contributed by atoms with Crippen LogP contribution in [-0.4, -0.2) is 12.5 Å². The smallest absolute Gasteiger partial charge is 0.278 e. The zero-order valence-electron chi connectivity index (χ0n) is 16.6. The molecule has 3 aromatic carbocycles. The van der Waals surface area contributed by atoms with Gasteiger partial charge in [0.05, 0.1) is 16.9 Å². The molecule has 1 aliphatic heterocycles. The lowest BCUT2D eigenvalue weighted by Crippen LogP contribution is -2.53. The minimum atomic E-state index is -4.37. The third kappa shape index (κ3) is 4.25. The molecule has 0 saturated heterocycles. The van der Waals surface area contributed by atoms with Gasteiger partial charge >= 0.3 is 6.18 Å². The van der Waals surface area contributed by atoms with Crippen LogP contribution in [0.5, 0.6) is 0 Å². The van der Waals surface area contributed by atoms with Crippen molar-refractivity contribution in [2.75, 3.05) is 16.7 Å². The third-order valence-corrected chi connectivity index (χ3v) is 4.90. The van der Waals surface area contributed by atoms with Crippen molar-refractivity contribution in [1.29, 1.82) is 0 Å².